The summed E-state index contributed by atoms with van der Waals surface area (Å²) in [5.41, 5.74) is 1.76. The maximum Gasteiger partial charge on any atom is 0.245 e. The van der Waals surface area contributed by atoms with Crippen LogP contribution in [0.4, 0.5) is 5.95 Å². The molecule has 4 rings (SSSR count). The maximum absolute atomic E-state index is 5.41. The van der Waals surface area contributed by atoms with Gasteiger partial charge in [0.25, 0.3) is 0 Å². The van der Waals surface area contributed by atoms with Crippen molar-refractivity contribution in [1.82, 2.24) is 15.2 Å². The predicted molar refractivity (Wildman–Crippen MR) is 80.9 cm³/mol. The Morgan fingerprint density at radius 2 is 1.95 bits per heavy atom. The minimum absolute atomic E-state index is 0.275. The molecule has 1 saturated heterocycles. The fourth-order valence-corrected chi connectivity index (χ4v) is 3.29. The second-order valence-corrected chi connectivity index (χ2v) is 6.03. The van der Waals surface area contributed by atoms with Gasteiger partial charge in [-0.05, 0) is 18.2 Å². The highest BCUT2D eigenvalue weighted by Crippen LogP contribution is 2.35. The van der Waals surface area contributed by atoms with E-state index < -0.39 is 0 Å². The third-order valence-electron chi connectivity index (χ3n) is 3.51. The largest absolute Gasteiger partial charge is 0.454 e. The van der Waals surface area contributed by atoms with E-state index in [-0.39, 0.29) is 6.79 Å². The third kappa shape index (κ3) is 2.49. The Bertz CT molecular complexity index is 661. The number of anilines is 1. The summed E-state index contributed by atoms with van der Waals surface area (Å²) in [5.74, 6) is 4.44. The molecule has 2 aliphatic rings. The van der Waals surface area contributed by atoms with E-state index >= 15 is 0 Å². The van der Waals surface area contributed by atoms with E-state index in [1.165, 1.54) is 0 Å². The maximum atomic E-state index is 5.41. The van der Waals surface area contributed by atoms with Gasteiger partial charge < -0.3 is 14.4 Å². The molecule has 21 heavy (non-hydrogen) atoms. The first-order valence-electron chi connectivity index (χ1n) is 6.82. The minimum Gasteiger partial charge on any atom is -0.454 e. The van der Waals surface area contributed by atoms with Gasteiger partial charge in [0.1, 0.15) is 0 Å². The van der Waals surface area contributed by atoms with Crippen LogP contribution < -0.4 is 14.4 Å². The molecule has 6 nitrogen and oxygen atoms in total. The second kappa shape index (κ2) is 5.40. The van der Waals surface area contributed by atoms with E-state index in [0.717, 1.165) is 47.4 Å². The average molecular weight is 302 g/mol. The molecule has 1 fully saturated rings. The quantitative estimate of drug-likeness (QED) is 0.838. The lowest BCUT2D eigenvalue weighted by Crippen LogP contribution is -2.34. The van der Waals surface area contributed by atoms with Crippen LogP contribution in [-0.4, -0.2) is 46.6 Å². The molecule has 0 aliphatic carbocycles. The van der Waals surface area contributed by atoms with E-state index in [1.807, 2.05) is 30.0 Å². The molecule has 1 aromatic heterocycles. The van der Waals surface area contributed by atoms with E-state index in [9.17, 15) is 0 Å². The molecule has 7 heteroatoms. The summed E-state index contributed by atoms with van der Waals surface area (Å²) in [7, 11) is 0. The van der Waals surface area contributed by atoms with E-state index in [0.29, 0.717) is 5.95 Å². The molecule has 2 aliphatic heterocycles. The Labute approximate surface area is 126 Å². The minimum atomic E-state index is 0.275. The Morgan fingerprint density at radius 1 is 1.10 bits per heavy atom. The lowest BCUT2D eigenvalue weighted by Gasteiger charge is -2.25. The molecule has 0 amide bonds. The zero-order valence-electron chi connectivity index (χ0n) is 11.4. The monoisotopic (exact) mass is 302 g/mol. The Balaban J connectivity index is 1.65. The van der Waals surface area contributed by atoms with Crippen LogP contribution in [0.2, 0.25) is 0 Å². The van der Waals surface area contributed by atoms with Crippen molar-refractivity contribution < 1.29 is 9.47 Å². The molecule has 0 bridgehead atoms. The van der Waals surface area contributed by atoms with Crippen molar-refractivity contribution in [2.75, 3.05) is 36.3 Å². The van der Waals surface area contributed by atoms with Gasteiger partial charge in [-0.25, -0.2) is 4.98 Å². The molecular formula is C14H14N4O2S. The summed E-state index contributed by atoms with van der Waals surface area (Å²) in [5, 5.41) is 8.26. The number of benzene rings is 1. The van der Waals surface area contributed by atoms with Gasteiger partial charge in [0.15, 0.2) is 11.5 Å². The SMILES string of the molecule is c1cc2c(cc1-c1cnnc(N3CCSCC3)n1)OCO2. The number of aromatic nitrogens is 3. The molecule has 0 spiro atoms. The summed E-state index contributed by atoms with van der Waals surface area (Å²) >= 11 is 1.96. The molecule has 0 radical (unpaired) electrons. The zero-order valence-corrected chi connectivity index (χ0v) is 12.2. The fraction of sp³-hybridized carbons (Fsp3) is 0.357. The van der Waals surface area contributed by atoms with Crippen LogP contribution in [0.15, 0.2) is 24.4 Å². The number of fused-ring (bicyclic) bond motifs is 1. The van der Waals surface area contributed by atoms with Gasteiger partial charge in [0.2, 0.25) is 12.7 Å². The van der Waals surface area contributed by atoms with Gasteiger partial charge in [-0.2, -0.15) is 16.9 Å². The number of thioether (sulfide) groups is 1. The molecule has 0 atom stereocenters. The van der Waals surface area contributed by atoms with Gasteiger partial charge in [0.05, 0.1) is 11.9 Å². The van der Waals surface area contributed by atoms with Gasteiger partial charge in [-0.1, -0.05) is 0 Å². The van der Waals surface area contributed by atoms with Crippen LogP contribution in [-0.2, 0) is 0 Å². The zero-order chi connectivity index (χ0) is 14.1. The van der Waals surface area contributed by atoms with Crippen molar-refractivity contribution in [3.05, 3.63) is 24.4 Å². The molecular weight excluding hydrogens is 288 g/mol. The Kier molecular flexibility index (Phi) is 3.27. The summed E-state index contributed by atoms with van der Waals surface area (Å²) < 4.78 is 10.7. The predicted octanol–water partition coefficient (Wildman–Crippen LogP) is 1.82. The van der Waals surface area contributed by atoms with Crippen LogP contribution in [0.3, 0.4) is 0 Å². The van der Waals surface area contributed by atoms with Crippen LogP contribution in [0.5, 0.6) is 11.5 Å². The topological polar surface area (TPSA) is 60.4 Å². The number of rotatable bonds is 2. The van der Waals surface area contributed by atoms with Gasteiger partial charge >= 0.3 is 0 Å². The van der Waals surface area contributed by atoms with Gasteiger partial charge in [0, 0.05) is 30.2 Å². The normalized spacial score (nSPS) is 17.0. The number of hydrogen-bond donors (Lipinski definition) is 0. The molecule has 0 N–H and O–H groups in total. The average Bonchev–Trinajstić information content (AvgIpc) is 3.03. The second-order valence-electron chi connectivity index (χ2n) is 4.81. The van der Waals surface area contributed by atoms with Crippen molar-refractivity contribution in [1.29, 1.82) is 0 Å². The highest BCUT2D eigenvalue weighted by molar-refractivity contribution is 7.99. The third-order valence-corrected chi connectivity index (χ3v) is 4.45. The first-order chi connectivity index (χ1) is 10.4. The van der Waals surface area contributed by atoms with Crippen LogP contribution in [0, 0.1) is 0 Å². The van der Waals surface area contributed by atoms with E-state index in [1.54, 1.807) is 6.20 Å². The van der Waals surface area contributed by atoms with Crippen LogP contribution in [0.1, 0.15) is 0 Å². The number of nitrogens with zero attached hydrogens (tertiary/aromatic N) is 4. The first kappa shape index (κ1) is 12.7. The lowest BCUT2D eigenvalue weighted by atomic mass is 10.1. The van der Waals surface area contributed by atoms with Crippen molar-refractivity contribution >= 4 is 17.7 Å². The molecule has 2 aromatic rings. The number of hydrogen-bond acceptors (Lipinski definition) is 7. The molecule has 0 unspecified atom stereocenters. The molecule has 0 saturated carbocycles. The lowest BCUT2D eigenvalue weighted by molar-refractivity contribution is 0.174. The first-order valence-corrected chi connectivity index (χ1v) is 7.98. The molecule has 3 heterocycles. The Morgan fingerprint density at radius 3 is 2.86 bits per heavy atom. The smallest absolute Gasteiger partial charge is 0.245 e. The number of ether oxygens (including phenoxy) is 2. The highest BCUT2D eigenvalue weighted by atomic mass is 32.2. The molecule has 1 aromatic carbocycles. The van der Waals surface area contributed by atoms with Crippen LogP contribution >= 0.6 is 11.8 Å². The Hall–Kier alpha value is -2.02. The molecule has 108 valence electrons. The summed E-state index contributed by atoms with van der Waals surface area (Å²) in [6, 6.07) is 5.80. The summed E-state index contributed by atoms with van der Waals surface area (Å²) in [6.07, 6.45) is 1.68. The standard InChI is InChI=1S/C14H14N4O2S/c1-2-12-13(20-9-19-12)7-10(1)11-8-15-17-14(16-11)18-3-5-21-6-4-18/h1-2,7-8H,3-6,9H2. The van der Waals surface area contributed by atoms with Crippen molar-refractivity contribution in [3.8, 4) is 22.8 Å². The summed E-state index contributed by atoms with van der Waals surface area (Å²) in [4.78, 5) is 6.82. The van der Waals surface area contributed by atoms with E-state index in [4.69, 9.17) is 9.47 Å². The fourth-order valence-electron chi connectivity index (χ4n) is 2.39. The highest BCUT2D eigenvalue weighted by Gasteiger charge is 2.17. The van der Waals surface area contributed by atoms with Crippen molar-refractivity contribution in [3.63, 3.8) is 0 Å². The van der Waals surface area contributed by atoms with Crippen LogP contribution in [0.25, 0.3) is 11.3 Å². The van der Waals surface area contributed by atoms with E-state index in [2.05, 4.69) is 20.1 Å². The van der Waals surface area contributed by atoms with Crippen molar-refractivity contribution in [2.45, 2.75) is 0 Å². The van der Waals surface area contributed by atoms with Gasteiger partial charge in [-0.15, -0.1) is 5.10 Å². The summed E-state index contributed by atoms with van der Waals surface area (Å²) in [6.45, 7) is 2.21. The van der Waals surface area contributed by atoms with Crippen molar-refractivity contribution in [2.24, 2.45) is 0 Å². The van der Waals surface area contributed by atoms with Gasteiger partial charge in [-0.3, -0.25) is 0 Å².